The van der Waals surface area contributed by atoms with E-state index >= 15 is 0 Å². The number of unbranched alkanes of at least 4 members (excludes halogenated alkanes) is 1. The van der Waals surface area contributed by atoms with Gasteiger partial charge in [-0.3, -0.25) is 4.79 Å². The molecular weight excluding hydrogens is 532 g/mol. The van der Waals surface area contributed by atoms with Crippen molar-refractivity contribution in [1.29, 1.82) is 0 Å². The van der Waals surface area contributed by atoms with Crippen LogP contribution in [0, 0.1) is 6.92 Å². The van der Waals surface area contributed by atoms with Crippen molar-refractivity contribution < 1.29 is 19.4 Å². The van der Waals surface area contributed by atoms with Crippen molar-refractivity contribution in [1.82, 2.24) is 10.3 Å². The smallest absolute Gasteiger partial charge is 0.326 e. The van der Waals surface area contributed by atoms with Crippen molar-refractivity contribution >= 4 is 23.2 Å². The van der Waals surface area contributed by atoms with E-state index in [4.69, 9.17) is 4.74 Å². The van der Waals surface area contributed by atoms with E-state index in [1.54, 1.807) is 17.4 Å². The van der Waals surface area contributed by atoms with Gasteiger partial charge in [-0.1, -0.05) is 93.8 Å². The number of amides is 1. The summed E-state index contributed by atoms with van der Waals surface area (Å²) < 4.78 is 6.51. The lowest BCUT2D eigenvalue weighted by molar-refractivity contribution is -0.139. The monoisotopic (exact) mass is 570 g/mol. The number of nitrogens with one attached hydrogen (secondary N) is 1. The Morgan fingerprint density at radius 2 is 1.71 bits per heavy atom. The van der Waals surface area contributed by atoms with Crippen molar-refractivity contribution in [2.45, 2.75) is 71.6 Å². The van der Waals surface area contributed by atoms with E-state index in [9.17, 15) is 14.7 Å². The minimum atomic E-state index is -1.03. The zero-order chi connectivity index (χ0) is 29.2. The highest BCUT2D eigenvalue weighted by molar-refractivity contribution is 7.15. The van der Waals surface area contributed by atoms with E-state index in [1.807, 2.05) is 74.6 Å². The number of carboxylic acid groups (broad SMARTS) is 1. The van der Waals surface area contributed by atoms with Crippen molar-refractivity contribution in [3.63, 3.8) is 0 Å². The van der Waals surface area contributed by atoms with Gasteiger partial charge in [0.1, 0.15) is 11.0 Å². The number of nitrogens with zero attached hydrogens (tertiary/aromatic N) is 1. The Kier molecular flexibility index (Phi) is 10.8. The van der Waals surface area contributed by atoms with Gasteiger partial charge < -0.3 is 15.2 Å². The van der Waals surface area contributed by atoms with Crippen LogP contribution in [0.15, 0.2) is 79.0 Å². The normalized spacial score (nSPS) is 12.6. The Bertz CT molecular complexity index is 1450. The average Bonchev–Trinajstić information content (AvgIpc) is 3.48. The molecule has 4 aromatic rings. The highest BCUT2D eigenvalue weighted by atomic mass is 32.1. The third-order valence-electron chi connectivity index (χ3n) is 7.08. The first kappa shape index (κ1) is 30.2. The molecule has 1 amide bonds. The number of benzene rings is 3. The molecule has 0 radical (unpaired) electrons. The van der Waals surface area contributed by atoms with Gasteiger partial charge in [-0.05, 0) is 54.2 Å². The summed E-state index contributed by atoms with van der Waals surface area (Å²) in [5, 5.41) is 13.3. The summed E-state index contributed by atoms with van der Waals surface area (Å²) in [6, 6.07) is 22.8. The molecule has 0 fully saturated rings. The molecular formula is C34H38N2O4S. The SMILES string of the molecule is CCCC[C@H](OCc1ccc(C(=O)N[C@@H](CCC)C(=O)O)c(-c2ccccc2C)c1)c1cnc(-c2ccccc2)s1. The average molecular weight is 571 g/mol. The Morgan fingerprint density at radius 1 is 0.951 bits per heavy atom. The van der Waals surface area contributed by atoms with E-state index in [1.165, 1.54) is 0 Å². The lowest BCUT2D eigenvalue weighted by Crippen LogP contribution is -2.40. The van der Waals surface area contributed by atoms with E-state index in [0.717, 1.165) is 57.0 Å². The minimum absolute atomic E-state index is 0.0832. The topological polar surface area (TPSA) is 88.5 Å². The second-order valence-electron chi connectivity index (χ2n) is 10.2. The first-order valence-electron chi connectivity index (χ1n) is 14.3. The molecule has 2 atom stereocenters. The predicted molar refractivity (Wildman–Crippen MR) is 165 cm³/mol. The molecule has 0 saturated heterocycles. The molecule has 4 rings (SSSR count). The standard InChI is InChI=1S/C34H38N2O4S/c1-4-6-17-30(31-21-35-33(41-31)25-14-8-7-9-15-25)40-22-24-18-19-27(32(37)36-29(12-5-2)34(38)39)28(20-24)26-16-11-10-13-23(26)3/h7-11,13-16,18-21,29-30H,4-6,12,17,22H2,1-3H3,(H,36,37)(H,38,39)/t29-,30-/m0/s1. The number of carbonyl (C=O) groups excluding carboxylic acids is 1. The lowest BCUT2D eigenvalue weighted by atomic mass is 9.93. The number of carboxylic acids is 1. The Balaban J connectivity index is 1.60. The minimum Gasteiger partial charge on any atom is -0.480 e. The Labute approximate surface area is 246 Å². The van der Waals surface area contributed by atoms with Gasteiger partial charge in [0.2, 0.25) is 0 Å². The molecule has 6 nitrogen and oxygen atoms in total. The number of hydrogen-bond donors (Lipinski definition) is 2. The summed E-state index contributed by atoms with van der Waals surface area (Å²) in [7, 11) is 0. The first-order chi connectivity index (χ1) is 19.9. The molecule has 0 unspecified atom stereocenters. The number of aliphatic carboxylic acids is 1. The molecule has 214 valence electrons. The van der Waals surface area contributed by atoms with Crippen LogP contribution in [0.1, 0.15) is 78.4 Å². The van der Waals surface area contributed by atoms with Crippen LogP contribution in [0.3, 0.4) is 0 Å². The summed E-state index contributed by atoms with van der Waals surface area (Å²) in [5.41, 5.74) is 5.21. The summed E-state index contributed by atoms with van der Waals surface area (Å²) in [6.07, 6.45) is 5.88. The van der Waals surface area contributed by atoms with Gasteiger partial charge in [0.25, 0.3) is 5.91 Å². The zero-order valence-electron chi connectivity index (χ0n) is 23.9. The number of rotatable bonds is 14. The summed E-state index contributed by atoms with van der Waals surface area (Å²) in [5.74, 6) is -1.42. The van der Waals surface area contributed by atoms with Crippen LogP contribution in [0.4, 0.5) is 0 Å². The number of aromatic nitrogens is 1. The van der Waals surface area contributed by atoms with E-state index in [-0.39, 0.29) is 6.10 Å². The fourth-order valence-electron chi connectivity index (χ4n) is 4.80. The van der Waals surface area contributed by atoms with Gasteiger partial charge in [0, 0.05) is 17.3 Å². The Morgan fingerprint density at radius 3 is 2.41 bits per heavy atom. The molecule has 0 saturated carbocycles. The third kappa shape index (κ3) is 7.90. The molecule has 0 aliphatic heterocycles. The van der Waals surface area contributed by atoms with Crippen molar-refractivity contribution in [2.75, 3.05) is 0 Å². The fourth-order valence-corrected chi connectivity index (χ4v) is 5.81. The van der Waals surface area contributed by atoms with Gasteiger partial charge in [0.15, 0.2) is 0 Å². The third-order valence-corrected chi connectivity index (χ3v) is 8.22. The summed E-state index contributed by atoms with van der Waals surface area (Å²) in [4.78, 5) is 30.8. The van der Waals surface area contributed by atoms with Gasteiger partial charge in [-0.25, -0.2) is 9.78 Å². The van der Waals surface area contributed by atoms with Crippen molar-refractivity contribution in [2.24, 2.45) is 0 Å². The predicted octanol–water partition coefficient (Wildman–Crippen LogP) is 8.22. The quantitative estimate of drug-likeness (QED) is 0.159. The molecule has 0 aliphatic carbocycles. The number of carbonyl (C=O) groups is 2. The fraction of sp³-hybridized carbons (Fsp3) is 0.324. The maximum absolute atomic E-state index is 13.3. The van der Waals surface area contributed by atoms with E-state index in [0.29, 0.717) is 25.0 Å². The first-order valence-corrected chi connectivity index (χ1v) is 15.1. The number of thiazole rings is 1. The number of ether oxygens (including phenoxy) is 1. The molecule has 1 heterocycles. The van der Waals surface area contributed by atoms with Crippen LogP contribution in [0.5, 0.6) is 0 Å². The highest BCUT2D eigenvalue weighted by Crippen LogP contribution is 2.34. The van der Waals surface area contributed by atoms with E-state index < -0.39 is 17.9 Å². The van der Waals surface area contributed by atoms with Crippen LogP contribution in [-0.4, -0.2) is 28.0 Å². The molecule has 0 aliphatic rings. The van der Waals surface area contributed by atoms with Crippen LogP contribution < -0.4 is 5.32 Å². The largest absolute Gasteiger partial charge is 0.480 e. The molecule has 41 heavy (non-hydrogen) atoms. The van der Waals surface area contributed by atoms with Crippen molar-refractivity contribution in [3.05, 3.63) is 101 Å². The maximum atomic E-state index is 13.3. The zero-order valence-corrected chi connectivity index (χ0v) is 24.7. The van der Waals surface area contributed by atoms with Crippen molar-refractivity contribution in [3.8, 4) is 21.7 Å². The second-order valence-corrected chi connectivity index (χ2v) is 11.3. The molecule has 3 aromatic carbocycles. The van der Waals surface area contributed by atoms with Crippen LogP contribution in [0.2, 0.25) is 0 Å². The molecule has 7 heteroatoms. The van der Waals surface area contributed by atoms with Gasteiger partial charge in [-0.15, -0.1) is 11.3 Å². The number of aryl methyl sites for hydroxylation is 1. The molecule has 0 spiro atoms. The molecule has 1 aromatic heterocycles. The van der Waals surface area contributed by atoms with Gasteiger partial charge in [-0.2, -0.15) is 0 Å². The number of hydrogen-bond acceptors (Lipinski definition) is 5. The second kappa shape index (κ2) is 14.7. The Hall–Kier alpha value is -3.81. The van der Waals surface area contributed by atoms with E-state index in [2.05, 4.69) is 29.4 Å². The van der Waals surface area contributed by atoms with Gasteiger partial charge in [0.05, 0.1) is 17.6 Å². The van der Waals surface area contributed by atoms with Crippen LogP contribution in [0.25, 0.3) is 21.7 Å². The lowest BCUT2D eigenvalue weighted by Gasteiger charge is -2.19. The maximum Gasteiger partial charge on any atom is 0.326 e. The summed E-state index contributed by atoms with van der Waals surface area (Å²) in [6.45, 7) is 6.46. The molecule has 0 bridgehead atoms. The van der Waals surface area contributed by atoms with Crippen LogP contribution in [-0.2, 0) is 16.1 Å². The highest BCUT2D eigenvalue weighted by Gasteiger charge is 2.23. The van der Waals surface area contributed by atoms with Gasteiger partial charge >= 0.3 is 5.97 Å². The summed E-state index contributed by atoms with van der Waals surface area (Å²) >= 11 is 1.66. The van der Waals surface area contributed by atoms with Crippen LogP contribution >= 0.6 is 11.3 Å². The molecule has 2 N–H and O–H groups in total.